The van der Waals surface area contributed by atoms with E-state index in [1.54, 1.807) is 17.0 Å². The minimum atomic E-state index is -3.61. The number of carbonyl (C=O) groups excluding carboxylic acids is 1. The van der Waals surface area contributed by atoms with Crippen LogP contribution in [-0.4, -0.2) is 42.5 Å². The van der Waals surface area contributed by atoms with Gasteiger partial charge >= 0.3 is 10.1 Å². The Morgan fingerprint density at radius 2 is 1.70 bits per heavy atom. The molecule has 2 aromatic rings. The van der Waals surface area contributed by atoms with Crippen molar-refractivity contribution in [2.75, 3.05) is 18.1 Å². The lowest BCUT2D eigenvalue weighted by Gasteiger charge is -2.31. The minimum Gasteiger partial charge on any atom is -0.387 e. The highest BCUT2D eigenvalue weighted by Crippen LogP contribution is 2.25. The molecule has 0 radical (unpaired) electrons. The van der Waals surface area contributed by atoms with Crippen molar-refractivity contribution in [3.05, 3.63) is 65.7 Å². The van der Waals surface area contributed by atoms with Gasteiger partial charge in [-0.3, -0.25) is 4.79 Å². The van der Waals surface area contributed by atoms with Crippen LogP contribution < -0.4 is 4.18 Å². The molecule has 146 valence electrons. The lowest BCUT2D eigenvalue weighted by Crippen LogP contribution is -2.37. The van der Waals surface area contributed by atoms with Gasteiger partial charge in [-0.1, -0.05) is 58.4 Å². The zero-order valence-electron chi connectivity index (χ0n) is 15.1. The monoisotopic (exact) mass is 455 g/mol. The topological polar surface area (TPSA) is 83.9 Å². The second kappa shape index (κ2) is 9.34. The third kappa shape index (κ3) is 6.34. The predicted octanol–water partition coefficient (Wildman–Crippen LogP) is 3.04. The van der Waals surface area contributed by atoms with Gasteiger partial charge in [0.1, 0.15) is 5.75 Å². The van der Waals surface area contributed by atoms with E-state index in [4.69, 9.17) is 4.18 Å². The number of rotatable bonds is 8. The molecule has 6 nitrogen and oxygen atoms in total. The zero-order chi connectivity index (χ0) is 20.0. The standard InChI is InChI=1S/C19H22BrNO5S/c1-14(15-6-4-3-5-7-15)21(19(23)12-20)13-18(22)16-8-10-17(11-9-16)26-27(2,24)25/h3-11,14,18,22H,12-13H2,1-2H3/t14-,18+/m1/s1. The van der Waals surface area contributed by atoms with Gasteiger partial charge in [-0.25, -0.2) is 0 Å². The van der Waals surface area contributed by atoms with E-state index in [0.29, 0.717) is 5.56 Å². The van der Waals surface area contributed by atoms with Crippen molar-refractivity contribution in [2.45, 2.75) is 19.1 Å². The number of alkyl halides is 1. The molecule has 0 bridgehead atoms. The summed E-state index contributed by atoms with van der Waals surface area (Å²) in [6.07, 6.45) is 0.0382. The highest BCUT2D eigenvalue weighted by Gasteiger charge is 2.24. The maximum atomic E-state index is 12.4. The molecule has 0 aliphatic carbocycles. The maximum Gasteiger partial charge on any atom is 0.306 e. The Bertz CT molecular complexity index is 855. The average Bonchev–Trinajstić information content (AvgIpc) is 2.64. The summed E-state index contributed by atoms with van der Waals surface area (Å²) in [6, 6.07) is 15.5. The molecule has 8 heteroatoms. The number of aliphatic hydroxyl groups excluding tert-OH is 1. The van der Waals surface area contributed by atoms with Crippen molar-refractivity contribution in [1.29, 1.82) is 0 Å². The van der Waals surface area contributed by atoms with Gasteiger partial charge in [0.05, 0.1) is 30.3 Å². The van der Waals surface area contributed by atoms with Crippen LogP contribution in [0, 0.1) is 0 Å². The number of aliphatic hydroxyl groups is 1. The fourth-order valence-electron chi connectivity index (χ4n) is 2.68. The van der Waals surface area contributed by atoms with Gasteiger partial charge in [0.15, 0.2) is 0 Å². The molecule has 0 saturated heterocycles. The van der Waals surface area contributed by atoms with Gasteiger partial charge < -0.3 is 14.2 Å². The van der Waals surface area contributed by atoms with E-state index in [1.807, 2.05) is 37.3 Å². The van der Waals surface area contributed by atoms with E-state index < -0.39 is 16.2 Å². The maximum absolute atomic E-state index is 12.4. The lowest BCUT2D eigenvalue weighted by molar-refractivity contribution is -0.132. The molecule has 0 unspecified atom stereocenters. The number of benzene rings is 2. The van der Waals surface area contributed by atoms with Crippen molar-refractivity contribution in [1.82, 2.24) is 4.90 Å². The smallest absolute Gasteiger partial charge is 0.306 e. The van der Waals surface area contributed by atoms with E-state index in [2.05, 4.69) is 15.9 Å². The molecular weight excluding hydrogens is 434 g/mol. The first-order valence-electron chi connectivity index (χ1n) is 8.29. The molecule has 2 atom stereocenters. The first kappa shape index (κ1) is 21.4. The Morgan fingerprint density at radius 1 is 1.11 bits per heavy atom. The molecule has 1 amide bonds. The second-order valence-corrected chi connectivity index (χ2v) is 8.27. The van der Waals surface area contributed by atoms with E-state index in [1.165, 1.54) is 12.1 Å². The third-order valence-electron chi connectivity index (χ3n) is 4.07. The minimum absolute atomic E-state index is 0.104. The molecule has 2 rings (SSSR count). The largest absolute Gasteiger partial charge is 0.387 e. The molecule has 0 fully saturated rings. The van der Waals surface area contributed by atoms with Crippen LogP contribution in [-0.2, 0) is 14.9 Å². The molecular formula is C19H22BrNO5S. The molecule has 2 aromatic carbocycles. The van der Waals surface area contributed by atoms with E-state index >= 15 is 0 Å². The van der Waals surface area contributed by atoms with Gasteiger partial charge in [0, 0.05) is 0 Å². The van der Waals surface area contributed by atoms with E-state index in [0.717, 1.165) is 11.8 Å². The van der Waals surface area contributed by atoms with Crippen LogP contribution in [0.5, 0.6) is 5.75 Å². The molecule has 0 aliphatic rings. The first-order chi connectivity index (χ1) is 12.7. The summed E-state index contributed by atoms with van der Waals surface area (Å²) in [5, 5.41) is 10.7. The van der Waals surface area contributed by atoms with Crippen molar-refractivity contribution in [3.63, 3.8) is 0 Å². The molecule has 0 aromatic heterocycles. The zero-order valence-corrected chi connectivity index (χ0v) is 17.5. The summed E-state index contributed by atoms with van der Waals surface area (Å²) in [5.41, 5.74) is 1.53. The quantitative estimate of drug-likeness (QED) is 0.488. The number of nitrogens with zero attached hydrogens (tertiary/aromatic N) is 1. The Morgan fingerprint density at radius 3 is 2.22 bits per heavy atom. The summed E-state index contributed by atoms with van der Waals surface area (Å²) in [6.45, 7) is 2.01. The molecule has 0 saturated carbocycles. The summed E-state index contributed by atoms with van der Waals surface area (Å²) >= 11 is 3.19. The van der Waals surface area contributed by atoms with Crippen LogP contribution >= 0.6 is 15.9 Å². The van der Waals surface area contributed by atoms with Crippen molar-refractivity contribution in [2.24, 2.45) is 0 Å². The van der Waals surface area contributed by atoms with Gasteiger partial charge in [0.25, 0.3) is 0 Å². The third-order valence-corrected chi connectivity index (χ3v) is 5.04. The molecule has 0 spiro atoms. The average molecular weight is 456 g/mol. The molecule has 1 N–H and O–H groups in total. The van der Waals surface area contributed by atoms with Gasteiger partial charge in [0.2, 0.25) is 5.91 Å². The van der Waals surface area contributed by atoms with Crippen LogP contribution in [0.15, 0.2) is 54.6 Å². The Kier molecular flexibility index (Phi) is 7.41. The number of carbonyl (C=O) groups is 1. The van der Waals surface area contributed by atoms with Gasteiger partial charge in [-0.05, 0) is 30.2 Å². The van der Waals surface area contributed by atoms with E-state index in [-0.39, 0.29) is 29.6 Å². The van der Waals surface area contributed by atoms with Crippen LogP contribution in [0.1, 0.15) is 30.2 Å². The second-order valence-electron chi connectivity index (χ2n) is 6.14. The fourth-order valence-corrected chi connectivity index (χ4v) is 3.46. The highest BCUT2D eigenvalue weighted by atomic mass is 79.9. The number of amides is 1. The van der Waals surface area contributed by atoms with Crippen molar-refractivity contribution >= 4 is 32.0 Å². The first-order valence-corrected chi connectivity index (χ1v) is 11.2. The summed E-state index contributed by atoms with van der Waals surface area (Å²) in [5.74, 6) is 0.0296. The van der Waals surface area contributed by atoms with Gasteiger partial charge in [-0.15, -0.1) is 0 Å². The van der Waals surface area contributed by atoms with Crippen LogP contribution in [0.3, 0.4) is 0 Å². The molecule has 0 aliphatic heterocycles. The number of hydrogen-bond acceptors (Lipinski definition) is 5. The molecule has 0 heterocycles. The normalized spacial score (nSPS) is 13.6. The van der Waals surface area contributed by atoms with E-state index in [9.17, 15) is 18.3 Å². The summed E-state index contributed by atoms with van der Waals surface area (Å²) in [7, 11) is -3.61. The van der Waals surface area contributed by atoms with Crippen LogP contribution in [0.2, 0.25) is 0 Å². The Hall–Kier alpha value is -1.90. The SMILES string of the molecule is C[C@H](c1ccccc1)N(C[C@H](O)c1ccc(OS(C)(=O)=O)cc1)C(=O)CBr. The van der Waals surface area contributed by atoms with Gasteiger partial charge in [-0.2, -0.15) is 8.42 Å². The molecule has 27 heavy (non-hydrogen) atoms. The number of halogens is 1. The summed E-state index contributed by atoms with van der Waals surface area (Å²) < 4.78 is 27.1. The predicted molar refractivity (Wildman–Crippen MR) is 107 cm³/mol. The summed E-state index contributed by atoms with van der Waals surface area (Å²) in [4.78, 5) is 14.0. The lowest BCUT2D eigenvalue weighted by atomic mass is 10.0. The number of hydrogen-bond donors (Lipinski definition) is 1. The van der Waals surface area contributed by atoms with Crippen LogP contribution in [0.25, 0.3) is 0 Å². The van der Waals surface area contributed by atoms with Crippen LogP contribution in [0.4, 0.5) is 0 Å². The Labute approximate surface area is 168 Å². The Balaban J connectivity index is 2.16. The van der Waals surface area contributed by atoms with Crippen molar-refractivity contribution in [3.8, 4) is 5.75 Å². The highest BCUT2D eigenvalue weighted by molar-refractivity contribution is 9.09. The fraction of sp³-hybridized carbons (Fsp3) is 0.316. The van der Waals surface area contributed by atoms with Crippen molar-refractivity contribution < 1.29 is 22.5 Å².